The predicted molar refractivity (Wildman–Crippen MR) is 115 cm³/mol. The molecule has 0 aliphatic heterocycles. The lowest BCUT2D eigenvalue weighted by Gasteiger charge is -2.30. The van der Waals surface area contributed by atoms with Crippen molar-refractivity contribution >= 4 is 11.5 Å². The molecule has 0 heterocycles. The molecular weight excluding hydrogens is 336 g/mol. The van der Waals surface area contributed by atoms with Gasteiger partial charge in [0.05, 0.1) is 7.11 Å². The van der Waals surface area contributed by atoms with E-state index in [9.17, 15) is 4.79 Å². The second kappa shape index (κ2) is 8.60. The summed E-state index contributed by atoms with van der Waals surface area (Å²) in [5, 5.41) is 8.80. The number of benzene rings is 1. The van der Waals surface area contributed by atoms with Crippen LogP contribution < -0.4 is 4.74 Å². The Labute approximate surface area is 164 Å². The molecule has 0 saturated heterocycles. The van der Waals surface area contributed by atoms with Gasteiger partial charge in [-0.2, -0.15) is 0 Å². The molecule has 0 aliphatic carbocycles. The first-order valence-electron chi connectivity index (χ1n) is 9.27. The largest absolute Gasteiger partial charge is 0.496 e. The van der Waals surface area contributed by atoms with Crippen molar-refractivity contribution in [3.05, 3.63) is 58.7 Å². The molecule has 1 aromatic carbocycles. The summed E-state index contributed by atoms with van der Waals surface area (Å²) < 4.78 is 5.82. The number of carbonyl (C=O) groups is 1. The molecule has 3 heteroatoms. The Morgan fingerprint density at radius 2 is 1.48 bits per heavy atom. The highest BCUT2D eigenvalue weighted by molar-refractivity contribution is 5.81. The van der Waals surface area contributed by atoms with Gasteiger partial charge >= 0.3 is 5.97 Å². The SMILES string of the molecule is COc1c(C(C)(C)C)cc(C(C)=CC=CC(C)=CC(=O)O)cc1C(C)(C)C. The molecule has 1 N–H and O–H groups in total. The maximum absolute atomic E-state index is 10.7. The molecule has 148 valence electrons. The summed E-state index contributed by atoms with van der Waals surface area (Å²) in [6, 6.07) is 4.40. The highest BCUT2D eigenvalue weighted by Crippen LogP contribution is 2.41. The van der Waals surface area contributed by atoms with E-state index in [1.165, 1.54) is 17.2 Å². The van der Waals surface area contributed by atoms with Crippen molar-refractivity contribution in [2.75, 3.05) is 7.11 Å². The minimum atomic E-state index is -0.933. The third kappa shape index (κ3) is 6.42. The van der Waals surface area contributed by atoms with Gasteiger partial charge < -0.3 is 9.84 Å². The van der Waals surface area contributed by atoms with Crippen molar-refractivity contribution in [1.29, 1.82) is 0 Å². The minimum absolute atomic E-state index is 0.0434. The lowest BCUT2D eigenvalue weighted by Crippen LogP contribution is -2.19. The van der Waals surface area contributed by atoms with E-state index in [0.29, 0.717) is 5.57 Å². The lowest BCUT2D eigenvalue weighted by atomic mass is 9.77. The number of aliphatic carboxylic acids is 1. The summed E-state index contributed by atoms with van der Waals surface area (Å²) in [5.74, 6) is 0.0278. The van der Waals surface area contributed by atoms with Crippen molar-refractivity contribution in [2.45, 2.75) is 66.2 Å². The molecule has 0 aliphatic rings. The summed E-state index contributed by atoms with van der Waals surface area (Å²) >= 11 is 0. The zero-order valence-electron chi connectivity index (χ0n) is 18.2. The minimum Gasteiger partial charge on any atom is -0.496 e. The Morgan fingerprint density at radius 1 is 1.00 bits per heavy atom. The standard InChI is InChI=1S/C24H34O3/c1-16(13-21(25)26)11-10-12-17(2)18-14-19(23(3,4)5)22(27-9)20(15-18)24(6,7)8/h10-15H,1-9H3,(H,25,26). The number of methoxy groups -OCH3 is 1. The molecular formula is C24H34O3. The smallest absolute Gasteiger partial charge is 0.328 e. The Hall–Kier alpha value is -2.29. The molecule has 0 fully saturated rings. The van der Waals surface area contributed by atoms with Crippen molar-refractivity contribution in [3.63, 3.8) is 0 Å². The molecule has 1 aromatic rings. The van der Waals surface area contributed by atoms with E-state index in [4.69, 9.17) is 9.84 Å². The van der Waals surface area contributed by atoms with Crippen LogP contribution in [0.25, 0.3) is 5.57 Å². The second-order valence-corrected chi connectivity index (χ2v) is 9.04. The van der Waals surface area contributed by atoms with Crippen LogP contribution in [0.15, 0.2) is 42.0 Å². The van der Waals surface area contributed by atoms with Crippen LogP contribution in [0.1, 0.15) is 72.1 Å². The Balaban J connectivity index is 3.49. The third-order valence-electron chi connectivity index (χ3n) is 4.42. The number of rotatable bonds is 5. The molecule has 0 radical (unpaired) electrons. The second-order valence-electron chi connectivity index (χ2n) is 9.04. The number of hydrogen-bond acceptors (Lipinski definition) is 2. The summed E-state index contributed by atoms with van der Waals surface area (Å²) in [6.07, 6.45) is 6.90. The normalized spacial score (nSPS) is 14.0. The van der Waals surface area contributed by atoms with Crippen LogP contribution >= 0.6 is 0 Å². The molecule has 0 spiro atoms. The summed E-state index contributed by atoms with van der Waals surface area (Å²) in [4.78, 5) is 10.7. The van der Waals surface area contributed by atoms with Gasteiger partial charge in [0.25, 0.3) is 0 Å². The van der Waals surface area contributed by atoms with E-state index in [2.05, 4.69) is 60.6 Å². The fourth-order valence-corrected chi connectivity index (χ4v) is 2.87. The van der Waals surface area contributed by atoms with Crippen molar-refractivity contribution in [3.8, 4) is 5.75 Å². The quantitative estimate of drug-likeness (QED) is 0.490. The summed E-state index contributed by atoms with van der Waals surface area (Å²) in [7, 11) is 1.74. The van der Waals surface area contributed by atoms with Gasteiger partial charge in [0.1, 0.15) is 5.75 Å². The van der Waals surface area contributed by atoms with E-state index >= 15 is 0 Å². The summed E-state index contributed by atoms with van der Waals surface area (Å²) in [5.41, 5.74) is 5.25. The maximum Gasteiger partial charge on any atom is 0.328 e. The first-order valence-corrected chi connectivity index (χ1v) is 9.27. The zero-order chi connectivity index (χ0) is 21.0. The molecule has 0 bridgehead atoms. The van der Waals surface area contributed by atoms with Crippen LogP contribution in [0.3, 0.4) is 0 Å². The average molecular weight is 371 g/mol. The summed E-state index contributed by atoms with van der Waals surface area (Å²) in [6.45, 7) is 17.0. The van der Waals surface area contributed by atoms with Crippen molar-refractivity contribution in [2.24, 2.45) is 0 Å². The molecule has 0 amide bonds. The number of ether oxygens (including phenoxy) is 1. The van der Waals surface area contributed by atoms with Crippen molar-refractivity contribution < 1.29 is 14.6 Å². The monoisotopic (exact) mass is 370 g/mol. The van der Waals surface area contributed by atoms with Gasteiger partial charge in [-0.3, -0.25) is 0 Å². The van der Waals surface area contributed by atoms with Gasteiger partial charge in [-0.05, 0) is 53.5 Å². The van der Waals surface area contributed by atoms with E-state index in [-0.39, 0.29) is 10.8 Å². The number of allylic oxidation sites excluding steroid dienone is 5. The lowest BCUT2D eigenvalue weighted by molar-refractivity contribution is -0.131. The van der Waals surface area contributed by atoms with E-state index in [0.717, 1.165) is 16.9 Å². The fourth-order valence-electron chi connectivity index (χ4n) is 2.87. The van der Waals surface area contributed by atoms with Crippen LogP contribution in [0.2, 0.25) is 0 Å². The van der Waals surface area contributed by atoms with Crippen LogP contribution in [-0.4, -0.2) is 18.2 Å². The Morgan fingerprint density at radius 3 is 1.85 bits per heavy atom. The first kappa shape index (κ1) is 22.8. The van der Waals surface area contributed by atoms with Crippen LogP contribution in [0, 0.1) is 0 Å². The van der Waals surface area contributed by atoms with Crippen LogP contribution in [0.4, 0.5) is 0 Å². The highest BCUT2D eigenvalue weighted by Gasteiger charge is 2.27. The third-order valence-corrected chi connectivity index (χ3v) is 4.42. The van der Waals surface area contributed by atoms with E-state index in [1.807, 2.05) is 12.2 Å². The molecule has 0 aromatic heterocycles. The van der Waals surface area contributed by atoms with Gasteiger partial charge in [-0.25, -0.2) is 4.79 Å². The Bertz CT molecular complexity index is 744. The Kier molecular flexibility index (Phi) is 7.25. The van der Waals surface area contributed by atoms with E-state index in [1.54, 1.807) is 20.1 Å². The van der Waals surface area contributed by atoms with Gasteiger partial charge in [-0.15, -0.1) is 0 Å². The zero-order valence-corrected chi connectivity index (χ0v) is 18.2. The van der Waals surface area contributed by atoms with Crippen LogP contribution in [0.5, 0.6) is 5.75 Å². The average Bonchev–Trinajstić information content (AvgIpc) is 2.50. The molecule has 3 nitrogen and oxygen atoms in total. The molecule has 0 unspecified atom stereocenters. The maximum atomic E-state index is 10.7. The first-order chi connectivity index (χ1) is 12.3. The van der Waals surface area contributed by atoms with Crippen molar-refractivity contribution in [1.82, 2.24) is 0 Å². The number of hydrogen-bond donors (Lipinski definition) is 1. The fraction of sp³-hybridized carbons (Fsp3) is 0.458. The van der Waals surface area contributed by atoms with Gasteiger partial charge in [0.2, 0.25) is 0 Å². The van der Waals surface area contributed by atoms with E-state index < -0.39 is 5.97 Å². The van der Waals surface area contributed by atoms with Crippen LogP contribution in [-0.2, 0) is 15.6 Å². The van der Waals surface area contributed by atoms with Gasteiger partial charge in [0.15, 0.2) is 0 Å². The predicted octanol–water partition coefficient (Wildman–Crippen LogP) is 6.28. The topological polar surface area (TPSA) is 46.5 Å². The highest BCUT2D eigenvalue weighted by atomic mass is 16.5. The van der Waals surface area contributed by atoms with Gasteiger partial charge in [0, 0.05) is 17.2 Å². The molecule has 27 heavy (non-hydrogen) atoms. The van der Waals surface area contributed by atoms with Gasteiger partial charge in [-0.1, -0.05) is 59.8 Å². The molecule has 0 saturated carbocycles. The molecule has 1 rings (SSSR count). The number of carboxylic acid groups (broad SMARTS) is 1. The molecule has 0 atom stereocenters. The number of carboxylic acids is 1.